The van der Waals surface area contributed by atoms with Crippen molar-refractivity contribution >= 4 is 330 Å². The quantitative estimate of drug-likeness (QED) is 0.126. The molecule has 0 saturated carbocycles. The number of allylic oxidation sites excluding steroid dienone is 5. The molecule has 226 valence electrons. The standard InChI is InChI=1S/C38H2B24/c39-15-9(23(47)24(48)11(15)12-16(40)13-14(26(50)25(12)49)30(54)38(62)37(61)29(13)53)2-6-3(18(42)33(57)35(59)20(6)44)1(4-7(2)21(45)36(60)34(58)19(4)43)5-8-10(27(51)31(55)17(5)41)28(52)32(56)22(8)46/h9,22H. The van der Waals surface area contributed by atoms with Gasteiger partial charge in [0.25, 0.3) is 0 Å². The number of rotatable bonds is 3. The first-order chi connectivity index (χ1) is 28.9. The minimum Gasteiger partial charge on any atom is -0.125 e. The second-order valence-corrected chi connectivity index (χ2v) is 15.5. The molecule has 6 aromatic rings. The van der Waals surface area contributed by atoms with Gasteiger partial charge in [-0.15, -0.1) is 60.1 Å². The molecule has 0 fully saturated rings. The predicted octanol–water partition coefficient (Wildman–Crippen LogP) is -14.4. The van der Waals surface area contributed by atoms with Gasteiger partial charge >= 0.3 is 0 Å². The summed E-state index contributed by atoms with van der Waals surface area (Å²) >= 11 is 0. The third-order valence-electron chi connectivity index (χ3n) is 12.5. The molecule has 2 aliphatic carbocycles. The number of benzene rings is 6. The zero-order chi connectivity index (χ0) is 45.9. The van der Waals surface area contributed by atoms with Crippen LogP contribution in [0.2, 0.25) is 0 Å². The smallest absolute Gasteiger partial charge is 0.115 e. The molecule has 0 nitrogen and oxygen atoms in total. The van der Waals surface area contributed by atoms with Gasteiger partial charge in [-0.2, -0.15) is 0 Å². The molecule has 0 spiro atoms. The SMILES string of the molecule is [B]C1=C([B])C(c2c3c([B])c([B])c([B])c([B])c3c(-c3c([B])c([B])c([B])c4c3C([B])C([B])=C4[B])c3c([B])c([B])c([B])c([B])c23)C([B])=C1c1c([B])c([B])c2c([B])c([B])c([B])c([B])c2c1[B]. The van der Waals surface area contributed by atoms with Crippen molar-refractivity contribution in [3.05, 3.63) is 44.1 Å². The van der Waals surface area contributed by atoms with Crippen molar-refractivity contribution in [1.29, 1.82) is 0 Å². The summed E-state index contributed by atoms with van der Waals surface area (Å²) in [7, 11) is 161. The largest absolute Gasteiger partial charge is 0.125 e. The first-order valence-corrected chi connectivity index (χ1v) is 18.4. The Bertz CT molecular complexity index is 3200. The summed E-state index contributed by atoms with van der Waals surface area (Å²) in [4.78, 5) is 0. The average Bonchev–Trinajstić information content (AvgIpc) is 3.59. The van der Waals surface area contributed by atoms with E-state index in [4.69, 9.17) is 188 Å². The van der Waals surface area contributed by atoms with E-state index in [1.165, 1.54) is 0 Å². The molecule has 0 N–H and O–H groups in total. The highest BCUT2D eigenvalue weighted by Gasteiger charge is 2.36. The van der Waals surface area contributed by atoms with Crippen LogP contribution in [0.1, 0.15) is 34.0 Å². The molecule has 62 heavy (non-hydrogen) atoms. The number of hydrogen-bond acceptors (Lipinski definition) is 0. The van der Waals surface area contributed by atoms with E-state index >= 15 is 0 Å². The molecule has 6 aromatic carbocycles. The van der Waals surface area contributed by atoms with E-state index in [1.807, 2.05) is 0 Å². The summed E-state index contributed by atoms with van der Waals surface area (Å²) in [6, 6.07) is 0. The van der Waals surface area contributed by atoms with Crippen LogP contribution in [-0.4, -0.2) is 188 Å². The molecule has 0 heterocycles. The Morgan fingerprint density at radius 2 is 0.565 bits per heavy atom. The van der Waals surface area contributed by atoms with Crippen LogP contribution in [0, 0.1) is 0 Å². The van der Waals surface area contributed by atoms with E-state index in [-0.39, 0.29) is 197 Å². The molecule has 0 saturated heterocycles. The van der Waals surface area contributed by atoms with Gasteiger partial charge in [-0.05, 0) is 77.1 Å². The van der Waals surface area contributed by atoms with E-state index in [0.29, 0.717) is 0 Å². The normalized spacial score (nSPS) is 16.5. The highest BCUT2D eigenvalue weighted by Crippen LogP contribution is 2.50. The predicted molar refractivity (Wildman–Crippen MR) is 289 cm³/mol. The summed E-state index contributed by atoms with van der Waals surface area (Å²) in [5.41, 5.74) is -0.514. The number of hydrogen-bond donors (Lipinski definition) is 0. The van der Waals surface area contributed by atoms with Crippen LogP contribution in [0.25, 0.3) is 54.5 Å². The minimum absolute atomic E-state index is 0.00689. The van der Waals surface area contributed by atoms with Gasteiger partial charge in [-0.3, -0.25) is 0 Å². The van der Waals surface area contributed by atoms with Crippen molar-refractivity contribution in [2.45, 2.75) is 11.7 Å². The van der Waals surface area contributed by atoms with E-state index in [1.54, 1.807) is 0 Å². The third kappa shape index (κ3) is 5.68. The summed E-state index contributed by atoms with van der Waals surface area (Å²) < 4.78 is 0. The lowest BCUT2D eigenvalue weighted by molar-refractivity contribution is 1.09. The molecule has 0 aromatic heterocycles. The zero-order valence-corrected chi connectivity index (χ0v) is 33.0. The van der Waals surface area contributed by atoms with E-state index in [0.717, 1.165) is 0 Å². The Kier molecular flexibility index (Phi) is 11.2. The number of fused-ring (bicyclic) bond motifs is 4. The van der Waals surface area contributed by atoms with Gasteiger partial charge in [-0.25, -0.2) is 0 Å². The Hall–Kier alpha value is -3.12. The Morgan fingerprint density at radius 1 is 0.226 bits per heavy atom. The van der Waals surface area contributed by atoms with Crippen molar-refractivity contribution in [1.82, 2.24) is 0 Å². The van der Waals surface area contributed by atoms with Gasteiger partial charge in [0, 0.05) is 5.92 Å². The van der Waals surface area contributed by atoms with Gasteiger partial charge in [0.2, 0.25) is 0 Å². The Labute approximate surface area is 394 Å². The molecule has 2 unspecified atom stereocenters. The topological polar surface area (TPSA) is 0 Å². The third-order valence-corrected chi connectivity index (χ3v) is 12.5. The van der Waals surface area contributed by atoms with Crippen molar-refractivity contribution in [3.8, 4) is 11.1 Å². The molecule has 24 heteroatoms. The summed E-state index contributed by atoms with van der Waals surface area (Å²) in [5, 5.41) is 0.678. The highest BCUT2D eigenvalue weighted by molar-refractivity contribution is 6.74. The first kappa shape index (κ1) is 45.4. The lowest BCUT2D eigenvalue weighted by Crippen LogP contribution is -2.52. The van der Waals surface area contributed by atoms with Crippen LogP contribution in [0.4, 0.5) is 0 Å². The monoisotopic (exact) mass is 722 g/mol. The van der Waals surface area contributed by atoms with Crippen LogP contribution in [0.15, 0.2) is 21.9 Å². The molecule has 0 aliphatic heterocycles. The fraction of sp³-hybridized carbons (Fsp3) is 0.0526. The van der Waals surface area contributed by atoms with Crippen molar-refractivity contribution in [2.75, 3.05) is 0 Å². The maximum Gasteiger partial charge on any atom is 0.115 e. The summed E-state index contributed by atoms with van der Waals surface area (Å²) in [5.74, 6) is -2.36. The van der Waals surface area contributed by atoms with Crippen molar-refractivity contribution in [3.63, 3.8) is 0 Å². The second kappa shape index (κ2) is 15.2. The van der Waals surface area contributed by atoms with Gasteiger partial charge in [0.05, 0.1) is 7.85 Å². The van der Waals surface area contributed by atoms with Crippen LogP contribution < -0.4 is 98.3 Å². The second-order valence-electron chi connectivity index (χ2n) is 15.5. The average molecular weight is 718 g/mol. The molecule has 2 atom stereocenters. The van der Waals surface area contributed by atoms with Crippen LogP contribution in [0.3, 0.4) is 0 Å². The lowest BCUT2D eigenvalue weighted by Gasteiger charge is -2.34. The van der Waals surface area contributed by atoms with Gasteiger partial charge in [-0.1, -0.05) is 65.6 Å². The molecule has 2 aliphatic rings. The highest BCUT2D eigenvalue weighted by atomic mass is 14.4. The molecule has 0 amide bonds. The molecule has 48 radical (unpaired) electrons. The Morgan fingerprint density at radius 3 is 1.02 bits per heavy atom. The zero-order valence-electron chi connectivity index (χ0n) is 33.0. The van der Waals surface area contributed by atoms with Crippen molar-refractivity contribution < 1.29 is 0 Å². The minimum atomic E-state index is -1.28. The van der Waals surface area contributed by atoms with E-state index in [9.17, 15) is 0 Å². The Balaban J connectivity index is 1.64. The molecular weight excluding hydrogens is 716 g/mol. The van der Waals surface area contributed by atoms with Gasteiger partial charge in [0.1, 0.15) is 180 Å². The van der Waals surface area contributed by atoms with Gasteiger partial charge in [0.15, 0.2) is 0 Å². The van der Waals surface area contributed by atoms with E-state index in [2.05, 4.69) is 0 Å². The van der Waals surface area contributed by atoms with Crippen LogP contribution in [0.5, 0.6) is 0 Å². The summed E-state index contributed by atoms with van der Waals surface area (Å²) in [6.45, 7) is 0. The van der Waals surface area contributed by atoms with E-state index < -0.39 is 11.7 Å². The fourth-order valence-electron chi connectivity index (χ4n) is 9.25. The molecule has 0 bridgehead atoms. The van der Waals surface area contributed by atoms with Crippen molar-refractivity contribution in [2.24, 2.45) is 0 Å². The maximum absolute atomic E-state index is 7.22. The summed E-state index contributed by atoms with van der Waals surface area (Å²) in [6.07, 6.45) is 0. The van der Waals surface area contributed by atoms with Crippen LogP contribution in [-0.2, 0) is 0 Å². The maximum atomic E-state index is 7.22. The van der Waals surface area contributed by atoms with Crippen LogP contribution >= 0.6 is 0 Å². The first-order valence-electron chi connectivity index (χ1n) is 18.4. The lowest BCUT2D eigenvalue weighted by atomic mass is 9.56. The molecule has 8 rings (SSSR count). The fourth-order valence-corrected chi connectivity index (χ4v) is 9.25. The molecular formula is C38H2B24. The van der Waals surface area contributed by atoms with Gasteiger partial charge < -0.3 is 0 Å².